The molecule has 1 N–H and O–H groups in total. The van der Waals surface area contributed by atoms with Crippen LogP contribution in [0.15, 0.2) is 11.4 Å². The number of hydrogen-bond acceptors (Lipinski definition) is 5. The van der Waals surface area contributed by atoms with E-state index in [2.05, 4.69) is 15.3 Å². The van der Waals surface area contributed by atoms with Gasteiger partial charge in [0.2, 0.25) is 5.28 Å². The van der Waals surface area contributed by atoms with E-state index in [9.17, 15) is 0 Å². The van der Waals surface area contributed by atoms with Crippen molar-refractivity contribution in [1.29, 1.82) is 0 Å². The van der Waals surface area contributed by atoms with Crippen LogP contribution in [0.3, 0.4) is 0 Å². The second-order valence-electron chi connectivity index (χ2n) is 4.77. The Balaban J connectivity index is 1.48. The number of nitrogens with zero attached hydrogens (tertiary/aromatic N) is 2. The van der Waals surface area contributed by atoms with E-state index in [0.29, 0.717) is 5.28 Å². The molecule has 0 aromatic carbocycles. The zero-order valence-electron chi connectivity index (χ0n) is 10.6. The van der Waals surface area contributed by atoms with Gasteiger partial charge in [-0.3, -0.25) is 0 Å². The fourth-order valence-corrected chi connectivity index (χ4v) is 2.84. The summed E-state index contributed by atoms with van der Waals surface area (Å²) in [5.41, 5.74) is 0.900. The number of hydrogen-bond donors (Lipinski definition) is 1. The fraction of sp³-hybridized carbons (Fsp3) is 0.538. The highest BCUT2D eigenvalue weighted by molar-refractivity contribution is 7.17. The van der Waals surface area contributed by atoms with E-state index >= 15 is 0 Å². The Morgan fingerprint density at radius 2 is 2.32 bits per heavy atom. The lowest BCUT2D eigenvalue weighted by molar-refractivity contribution is 0.124. The third-order valence-electron chi connectivity index (χ3n) is 3.08. The maximum atomic E-state index is 5.90. The molecule has 1 aliphatic carbocycles. The van der Waals surface area contributed by atoms with Crippen molar-refractivity contribution in [3.63, 3.8) is 0 Å². The van der Waals surface area contributed by atoms with Crippen LogP contribution in [0.2, 0.25) is 5.28 Å². The van der Waals surface area contributed by atoms with Crippen LogP contribution >= 0.6 is 22.9 Å². The smallest absolute Gasteiger partial charge is 0.224 e. The molecular formula is C13H16ClN3OS. The van der Waals surface area contributed by atoms with Crippen molar-refractivity contribution < 1.29 is 4.74 Å². The summed E-state index contributed by atoms with van der Waals surface area (Å²) >= 11 is 7.53. The van der Waals surface area contributed by atoms with E-state index in [-0.39, 0.29) is 0 Å². The molecule has 0 saturated heterocycles. The summed E-state index contributed by atoms with van der Waals surface area (Å²) in [6.07, 6.45) is 3.66. The predicted octanol–water partition coefficient (Wildman–Crippen LogP) is 3.57. The SMILES string of the molecule is Clc1nc(NCCCOCC2CC2)c2sccc2n1. The van der Waals surface area contributed by atoms with Crippen molar-refractivity contribution in [2.45, 2.75) is 19.3 Å². The first-order valence-corrected chi connectivity index (χ1v) is 7.81. The van der Waals surface area contributed by atoms with Crippen molar-refractivity contribution in [2.75, 3.05) is 25.1 Å². The third kappa shape index (κ3) is 3.55. The van der Waals surface area contributed by atoms with Gasteiger partial charge in [-0.25, -0.2) is 4.98 Å². The summed E-state index contributed by atoms with van der Waals surface area (Å²) in [6, 6.07) is 1.96. The molecule has 0 atom stereocenters. The van der Waals surface area contributed by atoms with Crippen molar-refractivity contribution in [1.82, 2.24) is 9.97 Å². The van der Waals surface area contributed by atoms with Gasteiger partial charge in [-0.15, -0.1) is 11.3 Å². The van der Waals surface area contributed by atoms with Gasteiger partial charge in [0.25, 0.3) is 0 Å². The zero-order valence-corrected chi connectivity index (χ0v) is 12.1. The summed E-state index contributed by atoms with van der Waals surface area (Å²) in [7, 11) is 0. The van der Waals surface area contributed by atoms with Gasteiger partial charge in [-0.1, -0.05) is 0 Å². The topological polar surface area (TPSA) is 47.0 Å². The monoisotopic (exact) mass is 297 g/mol. The highest BCUT2D eigenvalue weighted by Crippen LogP contribution is 2.29. The highest BCUT2D eigenvalue weighted by atomic mass is 35.5. The molecule has 6 heteroatoms. The Morgan fingerprint density at radius 1 is 1.42 bits per heavy atom. The Hall–Kier alpha value is -0.910. The Morgan fingerprint density at radius 3 is 3.16 bits per heavy atom. The van der Waals surface area contributed by atoms with Gasteiger partial charge < -0.3 is 10.1 Å². The molecule has 4 nitrogen and oxygen atoms in total. The third-order valence-corrected chi connectivity index (χ3v) is 4.16. The van der Waals surface area contributed by atoms with E-state index < -0.39 is 0 Å². The first-order chi connectivity index (χ1) is 9.33. The van der Waals surface area contributed by atoms with Gasteiger partial charge >= 0.3 is 0 Å². The molecule has 0 bridgehead atoms. The molecule has 1 fully saturated rings. The minimum atomic E-state index is 0.290. The molecule has 0 unspecified atom stereocenters. The molecule has 0 radical (unpaired) electrons. The van der Waals surface area contributed by atoms with Gasteiger partial charge in [0.15, 0.2) is 0 Å². The quantitative estimate of drug-likeness (QED) is 0.627. The number of rotatable bonds is 7. The number of fused-ring (bicyclic) bond motifs is 1. The summed E-state index contributed by atoms with van der Waals surface area (Å²) in [4.78, 5) is 8.42. The zero-order chi connectivity index (χ0) is 13.1. The van der Waals surface area contributed by atoms with Gasteiger partial charge in [0.1, 0.15) is 5.82 Å². The van der Waals surface area contributed by atoms with Crippen molar-refractivity contribution in [3.05, 3.63) is 16.7 Å². The second-order valence-corrected chi connectivity index (χ2v) is 6.03. The average molecular weight is 298 g/mol. The maximum absolute atomic E-state index is 5.90. The van der Waals surface area contributed by atoms with Crippen LogP contribution in [-0.2, 0) is 4.74 Å². The lowest BCUT2D eigenvalue weighted by Crippen LogP contribution is -2.08. The van der Waals surface area contributed by atoms with Crippen LogP contribution < -0.4 is 5.32 Å². The summed E-state index contributed by atoms with van der Waals surface area (Å²) in [5.74, 6) is 1.66. The van der Waals surface area contributed by atoms with Crippen molar-refractivity contribution >= 4 is 39.0 Å². The minimum Gasteiger partial charge on any atom is -0.381 e. The fourth-order valence-electron chi connectivity index (χ4n) is 1.87. The Bertz CT molecular complexity index is 556. The molecule has 2 aromatic heterocycles. The van der Waals surface area contributed by atoms with E-state index in [1.807, 2.05) is 11.4 Å². The number of nitrogens with one attached hydrogen (secondary N) is 1. The van der Waals surface area contributed by atoms with Crippen molar-refractivity contribution in [3.8, 4) is 0 Å². The number of halogens is 1. The summed E-state index contributed by atoms with van der Waals surface area (Å²) < 4.78 is 6.65. The lowest BCUT2D eigenvalue weighted by Gasteiger charge is -2.07. The predicted molar refractivity (Wildman–Crippen MR) is 79.1 cm³/mol. The van der Waals surface area contributed by atoms with Crippen molar-refractivity contribution in [2.24, 2.45) is 5.92 Å². The second kappa shape index (κ2) is 6.03. The van der Waals surface area contributed by atoms with Crippen LogP contribution in [-0.4, -0.2) is 29.7 Å². The molecule has 0 aliphatic heterocycles. The number of aromatic nitrogens is 2. The number of thiophene rings is 1. The number of ether oxygens (including phenoxy) is 1. The van der Waals surface area contributed by atoms with E-state index in [1.54, 1.807) is 11.3 Å². The van der Waals surface area contributed by atoms with Crippen LogP contribution in [0.4, 0.5) is 5.82 Å². The van der Waals surface area contributed by atoms with Crippen LogP contribution in [0, 0.1) is 5.92 Å². The van der Waals surface area contributed by atoms with Gasteiger partial charge in [-0.2, -0.15) is 4.98 Å². The molecule has 3 rings (SSSR count). The lowest BCUT2D eigenvalue weighted by atomic mass is 10.4. The molecule has 1 saturated carbocycles. The van der Waals surface area contributed by atoms with Crippen LogP contribution in [0.25, 0.3) is 10.2 Å². The maximum Gasteiger partial charge on any atom is 0.224 e. The standard InChI is InChI=1S/C13H16ClN3OS/c14-13-16-10-4-7-19-11(10)12(17-13)15-5-1-6-18-8-9-2-3-9/h4,7,9H,1-3,5-6,8H2,(H,15,16,17). The first-order valence-electron chi connectivity index (χ1n) is 6.55. The molecule has 2 heterocycles. The van der Waals surface area contributed by atoms with Gasteiger partial charge in [-0.05, 0) is 48.2 Å². The molecule has 102 valence electrons. The largest absolute Gasteiger partial charge is 0.381 e. The van der Waals surface area contributed by atoms with Gasteiger partial charge in [0.05, 0.1) is 10.2 Å². The highest BCUT2D eigenvalue weighted by Gasteiger charge is 2.20. The average Bonchev–Trinajstić information content (AvgIpc) is 3.09. The Labute approximate surface area is 121 Å². The minimum absolute atomic E-state index is 0.290. The molecule has 19 heavy (non-hydrogen) atoms. The molecule has 0 amide bonds. The first kappa shape index (κ1) is 13.1. The van der Waals surface area contributed by atoms with E-state index in [4.69, 9.17) is 16.3 Å². The summed E-state index contributed by atoms with van der Waals surface area (Å²) in [6.45, 7) is 2.56. The molecule has 2 aromatic rings. The van der Waals surface area contributed by atoms with E-state index in [1.165, 1.54) is 12.8 Å². The molecular weight excluding hydrogens is 282 g/mol. The molecule has 1 aliphatic rings. The Kier molecular flexibility index (Phi) is 4.15. The normalized spacial score (nSPS) is 15.0. The van der Waals surface area contributed by atoms with Gasteiger partial charge in [0, 0.05) is 19.8 Å². The van der Waals surface area contributed by atoms with E-state index in [0.717, 1.165) is 48.1 Å². The molecule has 0 spiro atoms. The van der Waals surface area contributed by atoms with Crippen LogP contribution in [0.1, 0.15) is 19.3 Å². The number of anilines is 1. The summed E-state index contributed by atoms with van der Waals surface area (Å²) in [5, 5.41) is 5.60. The van der Waals surface area contributed by atoms with Crippen LogP contribution in [0.5, 0.6) is 0 Å².